The molecule has 1 aromatic carbocycles. The number of anilines is 1. The molecule has 0 saturated carbocycles. The third-order valence-electron chi connectivity index (χ3n) is 4.05. The predicted octanol–water partition coefficient (Wildman–Crippen LogP) is 2.90. The fraction of sp³-hybridized carbons (Fsp3) is 0.526. The van der Waals surface area contributed by atoms with E-state index < -0.39 is 11.7 Å². The van der Waals surface area contributed by atoms with Crippen molar-refractivity contribution in [2.75, 3.05) is 18.0 Å². The smallest absolute Gasteiger partial charge is 0.407 e. The van der Waals surface area contributed by atoms with E-state index in [1.165, 1.54) is 0 Å². The highest BCUT2D eigenvalue weighted by Crippen LogP contribution is 2.25. The van der Waals surface area contributed by atoms with Crippen LogP contribution in [-0.4, -0.2) is 36.7 Å². The van der Waals surface area contributed by atoms with Crippen LogP contribution in [0.4, 0.5) is 15.3 Å². The van der Waals surface area contributed by atoms with Crippen molar-refractivity contribution >= 4 is 23.7 Å². The van der Waals surface area contributed by atoms with E-state index in [1.54, 1.807) is 4.90 Å². The zero-order valence-corrected chi connectivity index (χ0v) is 15.8. The molecule has 7 nitrogen and oxygen atoms in total. The molecule has 0 atom stereocenters. The third-order valence-corrected chi connectivity index (χ3v) is 4.05. The van der Waals surface area contributed by atoms with E-state index in [4.69, 9.17) is 4.74 Å². The Hall–Kier alpha value is -2.57. The SMILES string of the molecule is Cc1c(CCCNC(=O)OC(C)(C)C)cccc1N1CCC(=O)NC1=O. The summed E-state index contributed by atoms with van der Waals surface area (Å²) >= 11 is 0. The van der Waals surface area contributed by atoms with Gasteiger partial charge in [-0.2, -0.15) is 0 Å². The summed E-state index contributed by atoms with van der Waals surface area (Å²) in [6.07, 6.45) is 1.41. The monoisotopic (exact) mass is 361 g/mol. The number of amides is 4. The molecule has 0 spiro atoms. The fourth-order valence-corrected chi connectivity index (χ4v) is 2.81. The van der Waals surface area contributed by atoms with Crippen LogP contribution >= 0.6 is 0 Å². The van der Waals surface area contributed by atoms with Gasteiger partial charge in [0, 0.05) is 25.2 Å². The topological polar surface area (TPSA) is 87.7 Å². The van der Waals surface area contributed by atoms with Crippen molar-refractivity contribution in [3.63, 3.8) is 0 Å². The lowest BCUT2D eigenvalue weighted by Crippen LogP contribution is -2.49. The number of imide groups is 1. The average Bonchev–Trinajstić information content (AvgIpc) is 2.52. The molecule has 1 aliphatic heterocycles. The second kappa shape index (κ2) is 8.21. The highest BCUT2D eigenvalue weighted by atomic mass is 16.6. The second-order valence-corrected chi connectivity index (χ2v) is 7.35. The number of nitrogens with zero attached hydrogens (tertiary/aromatic N) is 1. The Morgan fingerprint density at radius 2 is 2.04 bits per heavy atom. The van der Waals surface area contributed by atoms with E-state index in [0.29, 0.717) is 19.5 Å². The molecule has 26 heavy (non-hydrogen) atoms. The van der Waals surface area contributed by atoms with Gasteiger partial charge >= 0.3 is 12.1 Å². The van der Waals surface area contributed by atoms with Crippen LogP contribution in [-0.2, 0) is 16.0 Å². The Labute approximate surface area is 154 Å². The zero-order chi connectivity index (χ0) is 19.3. The number of alkyl carbamates (subject to hydrolysis) is 1. The molecular weight excluding hydrogens is 334 g/mol. The number of benzene rings is 1. The highest BCUT2D eigenvalue weighted by Gasteiger charge is 2.25. The van der Waals surface area contributed by atoms with Crippen LogP contribution in [0.2, 0.25) is 0 Å². The van der Waals surface area contributed by atoms with Gasteiger partial charge in [0.05, 0.1) is 0 Å². The lowest BCUT2D eigenvalue weighted by molar-refractivity contribution is -0.120. The summed E-state index contributed by atoms with van der Waals surface area (Å²) in [7, 11) is 0. The molecule has 1 heterocycles. The summed E-state index contributed by atoms with van der Waals surface area (Å²) in [5.74, 6) is -0.242. The van der Waals surface area contributed by atoms with Crippen LogP contribution in [0.15, 0.2) is 18.2 Å². The first kappa shape index (κ1) is 19.8. The number of hydrogen-bond donors (Lipinski definition) is 2. The predicted molar refractivity (Wildman–Crippen MR) is 99.2 cm³/mol. The van der Waals surface area contributed by atoms with Crippen molar-refractivity contribution in [3.05, 3.63) is 29.3 Å². The van der Waals surface area contributed by atoms with E-state index in [-0.39, 0.29) is 11.9 Å². The summed E-state index contributed by atoms with van der Waals surface area (Å²) in [4.78, 5) is 36.6. The number of urea groups is 1. The Morgan fingerprint density at radius 3 is 2.69 bits per heavy atom. The maximum atomic E-state index is 12.1. The minimum atomic E-state index is -0.509. The van der Waals surface area contributed by atoms with Gasteiger partial charge in [0.15, 0.2) is 0 Å². The van der Waals surface area contributed by atoms with E-state index >= 15 is 0 Å². The maximum absolute atomic E-state index is 12.1. The van der Waals surface area contributed by atoms with Crippen LogP contribution in [0.3, 0.4) is 0 Å². The number of carbonyl (C=O) groups is 3. The van der Waals surface area contributed by atoms with Gasteiger partial charge in [-0.1, -0.05) is 12.1 Å². The minimum absolute atomic E-state index is 0.242. The van der Waals surface area contributed by atoms with Crippen molar-refractivity contribution in [2.24, 2.45) is 0 Å². The van der Waals surface area contributed by atoms with Crippen LogP contribution in [0.5, 0.6) is 0 Å². The number of nitrogens with one attached hydrogen (secondary N) is 2. The van der Waals surface area contributed by atoms with Crippen LogP contribution < -0.4 is 15.5 Å². The Morgan fingerprint density at radius 1 is 1.31 bits per heavy atom. The molecule has 1 aromatic rings. The molecule has 2 rings (SSSR count). The Kier molecular flexibility index (Phi) is 6.23. The number of aryl methyl sites for hydroxylation is 1. The molecule has 0 unspecified atom stereocenters. The van der Waals surface area contributed by atoms with Gasteiger partial charge in [0.1, 0.15) is 5.60 Å². The summed E-state index contributed by atoms with van der Waals surface area (Å²) in [5, 5.41) is 5.09. The van der Waals surface area contributed by atoms with Crippen molar-refractivity contribution in [2.45, 2.75) is 52.6 Å². The van der Waals surface area contributed by atoms with E-state index in [2.05, 4.69) is 10.6 Å². The number of ether oxygens (including phenoxy) is 1. The molecule has 0 aromatic heterocycles. The lowest BCUT2D eigenvalue weighted by atomic mass is 10.0. The molecule has 1 aliphatic rings. The van der Waals surface area contributed by atoms with E-state index in [1.807, 2.05) is 45.9 Å². The minimum Gasteiger partial charge on any atom is -0.444 e. The molecule has 2 N–H and O–H groups in total. The average molecular weight is 361 g/mol. The molecule has 142 valence electrons. The van der Waals surface area contributed by atoms with Crippen LogP contribution in [0.25, 0.3) is 0 Å². The van der Waals surface area contributed by atoms with Crippen molar-refractivity contribution < 1.29 is 19.1 Å². The van der Waals surface area contributed by atoms with Gasteiger partial charge in [0.2, 0.25) is 5.91 Å². The summed E-state index contributed by atoms with van der Waals surface area (Å²) in [5.41, 5.74) is 2.42. The van der Waals surface area contributed by atoms with E-state index in [0.717, 1.165) is 29.7 Å². The van der Waals surface area contributed by atoms with Crippen molar-refractivity contribution in [3.8, 4) is 0 Å². The molecule has 4 amide bonds. The molecule has 7 heteroatoms. The number of hydrogen-bond acceptors (Lipinski definition) is 4. The molecular formula is C19H27N3O4. The standard InChI is InChI=1S/C19H27N3O4/c1-13-14(8-6-11-20-18(25)26-19(2,3)4)7-5-9-15(13)22-12-10-16(23)21-17(22)24/h5,7,9H,6,8,10-12H2,1-4H3,(H,20,25)(H,21,23,24). The van der Waals surface area contributed by atoms with Crippen molar-refractivity contribution in [1.82, 2.24) is 10.6 Å². The quantitative estimate of drug-likeness (QED) is 0.790. The zero-order valence-electron chi connectivity index (χ0n) is 15.8. The summed E-state index contributed by atoms with van der Waals surface area (Å²) in [6.45, 7) is 8.34. The number of rotatable bonds is 5. The van der Waals surface area contributed by atoms with Gasteiger partial charge in [0.25, 0.3) is 0 Å². The van der Waals surface area contributed by atoms with Gasteiger partial charge in [-0.15, -0.1) is 0 Å². The highest BCUT2D eigenvalue weighted by molar-refractivity contribution is 6.05. The van der Waals surface area contributed by atoms with Crippen LogP contribution in [0.1, 0.15) is 44.7 Å². The summed E-state index contributed by atoms with van der Waals surface area (Å²) < 4.78 is 5.20. The Balaban J connectivity index is 1.92. The third kappa shape index (κ3) is 5.47. The normalized spacial score (nSPS) is 14.8. The van der Waals surface area contributed by atoms with Gasteiger partial charge in [-0.25, -0.2) is 9.59 Å². The Bertz CT molecular complexity index is 695. The maximum Gasteiger partial charge on any atom is 0.407 e. The first-order chi connectivity index (χ1) is 12.2. The molecule has 1 saturated heterocycles. The lowest BCUT2D eigenvalue weighted by Gasteiger charge is -2.28. The molecule has 0 radical (unpaired) electrons. The first-order valence-electron chi connectivity index (χ1n) is 8.84. The van der Waals surface area contributed by atoms with Gasteiger partial charge < -0.3 is 10.1 Å². The fourth-order valence-electron chi connectivity index (χ4n) is 2.81. The molecule has 1 fully saturated rings. The number of carbonyl (C=O) groups excluding carboxylic acids is 3. The van der Waals surface area contributed by atoms with Gasteiger partial charge in [-0.3, -0.25) is 15.0 Å². The molecule has 0 aliphatic carbocycles. The van der Waals surface area contributed by atoms with Crippen LogP contribution in [0, 0.1) is 6.92 Å². The summed E-state index contributed by atoms with van der Waals surface area (Å²) in [6, 6.07) is 5.42. The molecule has 0 bridgehead atoms. The second-order valence-electron chi connectivity index (χ2n) is 7.35. The van der Waals surface area contributed by atoms with Crippen molar-refractivity contribution in [1.29, 1.82) is 0 Å². The largest absolute Gasteiger partial charge is 0.444 e. The van der Waals surface area contributed by atoms with E-state index in [9.17, 15) is 14.4 Å². The first-order valence-corrected chi connectivity index (χ1v) is 8.84. The van der Waals surface area contributed by atoms with Gasteiger partial charge in [-0.05, 0) is 57.7 Å².